The van der Waals surface area contributed by atoms with Crippen molar-refractivity contribution in [2.45, 2.75) is 17.4 Å². The number of fused-ring (bicyclic) bond motifs is 1. The molecule has 1 atom stereocenters. The Morgan fingerprint density at radius 1 is 1.20 bits per heavy atom. The molecule has 0 spiro atoms. The molecule has 0 saturated heterocycles. The fourth-order valence-corrected chi connectivity index (χ4v) is 4.81. The van der Waals surface area contributed by atoms with E-state index in [-0.39, 0.29) is 27.9 Å². The van der Waals surface area contributed by atoms with Crippen LogP contribution in [0.2, 0.25) is 10.0 Å². The lowest BCUT2D eigenvalue weighted by Crippen LogP contribution is -2.48. The van der Waals surface area contributed by atoms with E-state index in [1.807, 2.05) is 0 Å². The van der Waals surface area contributed by atoms with E-state index in [4.69, 9.17) is 28.3 Å². The summed E-state index contributed by atoms with van der Waals surface area (Å²) in [6, 6.07) is 10.1. The van der Waals surface area contributed by atoms with Crippen molar-refractivity contribution in [3.8, 4) is 0 Å². The van der Waals surface area contributed by atoms with Gasteiger partial charge in [0.1, 0.15) is 0 Å². The summed E-state index contributed by atoms with van der Waals surface area (Å²) in [5.41, 5.74) is 1.01. The molecule has 0 aromatic heterocycles. The Hall–Kier alpha value is -1.96. The smallest absolute Gasteiger partial charge is 0.305 e. The van der Waals surface area contributed by atoms with Crippen LogP contribution in [0.5, 0.6) is 0 Å². The van der Waals surface area contributed by atoms with Crippen LogP contribution in [0.25, 0.3) is 0 Å². The zero-order valence-electron chi connectivity index (χ0n) is 12.8. The number of hydrogen-bond acceptors (Lipinski definition) is 4. The number of carbonyl (C=O) groups is 1. The molecule has 0 fully saturated rings. The molecule has 132 valence electrons. The number of nitrogens with one attached hydrogen (secondary N) is 1. The molecule has 9 heteroatoms. The number of carboxylic acids is 1. The summed E-state index contributed by atoms with van der Waals surface area (Å²) in [5.74, 6) is -1.08. The Morgan fingerprint density at radius 3 is 2.60 bits per heavy atom. The average Bonchev–Trinajstić information content (AvgIpc) is 2.56. The predicted molar refractivity (Wildman–Crippen MR) is 97.1 cm³/mol. The minimum atomic E-state index is -4.02. The molecule has 1 unspecified atom stereocenters. The summed E-state index contributed by atoms with van der Waals surface area (Å²) < 4.78 is 27.6. The summed E-state index contributed by atoms with van der Waals surface area (Å²) in [4.78, 5) is 11.2. The molecule has 0 aliphatic carbocycles. The number of carboxylic acid groups (broad SMARTS) is 1. The van der Waals surface area contributed by atoms with Crippen molar-refractivity contribution in [2.24, 2.45) is 0 Å². The molecule has 3 rings (SSSR count). The van der Waals surface area contributed by atoms with Crippen molar-refractivity contribution in [2.75, 3.05) is 16.2 Å². The van der Waals surface area contributed by atoms with E-state index in [1.165, 1.54) is 18.2 Å². The highest BCUT2D eigenvalue weighted by molar-refractivity contribution is 7.92. The highest BCUT2D eigenvalue weighted by Crippen LogP contribution is 2.37. The maximum Gasteiger partial charge on any atom is 0.305 e. The topological polar surface area (TPSA) is 86.7 Å². The first kappa shape index (κ1) is 17.8. The standard InChI is InChI=1S/C16H14Cl2N2O4S/c17-12-6-5-11(8-13(12)18)25(23,24)20-10(7-16(21)22)9-19-14-3-1-2-4-15(14)20/h1-6,8,10,19H,7,9H2,(H,21,22). The largest absolute Gasteiger partial charge is 0.481 e. The van der Waals surface area contributed by atoms with E-state index in [2.05, 4.69) is 5.32 Å². The van der Waals surface area contributed by atoms with Gasteiger partial charge in [-0.25, -0.2) is 8.42 Å². The molecule has 6 nitrogen and oxygen atoms in total. The minimum absolute atomic E-state index is 0.0472. The molecule has 2 aromatic carbocycles. The van der Waals surface area contributed by atoms with Gasteiger partial charge in [0.2, 0.25) is 0 Å². The molecule has 25 heavy (non-hydrogen) atoms. The Kier molecular flexibility index (Phi) is 4.81. The second-order valence-electron chi connectivity index (χ2n) is 5.53. The molecule has 2 N–H and O–H groups in total. The van der Waals surface area contributed by atoms with Crippen LogP contribution in [0.3, 0.4) is 0 Å². The first-order chi connectivity index (χ1) is 11.8. The highest BCUT2D eigenvalue weighted by Gasteiger charge is 2.37. The number of anilines is 2. The van der Waals surface area contributed by atoms with Gasteiger partial charge in [-0.3, -0.25) is 9.10 Å². The van der Waals surface area contributed by atoms with Crippen molar-refractivity contribution in [3.63, 3.8) is 0 Å². The summed E-state index contributed by atoms with van der Waals surface area (Å²) in [5, 5.41) is 12.6. The lowest BCUT2D eigenvalue weighted by atomic mass is 10.1. The van der Waals surface area contributed by atoms with E-state index in [1.54, 1.807) is 24.3 Å². The number of rotatable bonds is 4. The fraction of sp³-hybridized carbons (Fsp3) is 0.188. The van der Waals surface area contributed by atoms with Gasteiger partial charge in [0, 0.05) is 6.54 Å². The number of aliphatic carboxylic acids is 1. The summed E-state index contributed by atoms with van der Waals surface area (Å²) in [6.07, 6.45) is -0.331. The van der Waals surface area contributed by atoms with Crippen molar-refractivity contribution in [3.05, 3.63) is 52.5 Å². The van der Waals surface area contributed by atoms with Crippen LogP contribution in [-0.4, -0.2) is 32.1 Å². The van der Waals surface area contributed by atoms with Gasteiger partial charge in [-0.1, -0.05) is 35.3 Å². The number of halogens is 2. The van der Waals surface area contributed by atoms with Crippen molar-refractivity contribution < 1.29 is 18.3 Å². The molecular weight excluding hydrogens is 387 g/mol. The van der Waals surface area contributed by atoms with Gasteiger partial charge < -0.3 is 10.4 Å². The monoisotopic (exact) mass is 400 g/mol. The lowest BCUT2D eigenvalue weighted by molar-refractivity contribution is -0.137. The van der Waals surface area contributed by atoms with Crippen molar-refractivity contribution in [1.29, 1.82) is 0 Å². The Labute approximate surface area is 155 Å². The van der Waals surface area contributed by atoms with Gasteiger partial charge in [0.15, 0.2) is 0 Å². The highest BCUT2D eigenvalue weighted by atomic mass is 35.5. The third-order valence-electron chi connectivity index (χ3n) is 3.86. The first-order valence-corrected chi connectivity index (χ1v) is 9.54. The second-order valence-corrected chi connectivity index (χ2v) is 8.16. The second kappa shape index (κ2) is 6.74. The number of hydrogen-bond donors (Lipinski definition) is 2. The third kappa shape index (κ3) is 3.40. The maximum atomic E-state index is 13.2. The number of sulfonamides is 1. The Balaban J connectivity index is 2.14. The molecular formula is C16H14Cl2N2O4S. The lowest BCUT2D eigenvalue weighted by Gasteiger charge is -2.37. The third-order valence-corrected chi connectivity index (χ3v) is 6.46. The zero-order valence-corrected chi connectivity index (χ0v) is 15.1. The SMILES string of the molecule is O=C(O)CC1CNc2ccccc2N1S(=O)(=O)c1ccc(Cl)c(Cl)c1. The van der Waals surface area contributed by atoms with Gasteiger partial charge in [0.05, 0.1) is 38.8 Å². The van der Waals surface area contributed by atoms with Crippen LogP contribution >= 0.6 is 23.2 Å². The normalized spacial score (nSPS) is 16.9. The van der Waals surface area contributed by atoms with E-state index >= 15 is 0 Å². The molecule has 1 aliphatic heterocycles. The fourth-order valence-electron chi connectivity index (χ4n) is 2.76. The van der Waals surface area contributed by atoms with Crippen molar-refractivity contribution in [1.82, 2.24) is 0 Å². The van der Waals surface area contributed by atoms with E-state index < -0.39 is 22.0 Å². The summed E-state index contributed by atoms with van der Waals surface area (Å²) >= 11 is 11.8. The molecule has 2 aromatic rings. The van der Waals surface area contributed by atoms with Crippen LogP contribution < -0.4 is 9.62 Å². The van der Waals surface area contributed by atoms with E-state index in [9.17, 15) is 13.2 Å². The van der Waals surface area contributed by atoms with Crippen LogP contribution in [-0.2, 0) is 14.8 Å². The molecule has 0 saturated carbocycles. The van der Waals surface area contributed by atoms with E-state index in [0.29, 0.717) is 11.4 Å². The van der Waals surface area contributed by atoms with Crippen LogP contribution in [0.1, 0.15) is 6.42 Å². The first-order valence-electron chi connectivity index (χ1n) is 7.35. The maximum absolute atomic E-state index is 13.2. The van der Waals surface area contributed by atoms with Gasteiger partial charge >= 0.3 is 5.97 Å². The van der Waals surface area contributed by atoms with Crippen molar-refractivity contribution >= 4 is 50.6 Å². The molecule has 1 heterocycles. The van der Waals surface area contributed by atoms with Crippen LogP contribution in [0, 0.1) is 0 Å². The summed E-state index contributed by atoms with van der Waals surface area (Å²) in [6.45, 7) is 0.184. The van der Waals surface area contributed by atoms with Gasteiger partial charge in [-0.05, 0) is 30.3 Å². The van der Waals surface area contributed by atoms with Gasteiger partial charge in [-0.15, -0.1) is 0 Å². The molecule has 1 aliphatic rings. The quantitative estimate of drug-likeness (QED) is 0.820. The van der Waals surface area contributed by atoms with Gasteiger partial charge in [-0.2, -0.15) is 0 Å². The zero-order chi connectivity index (χ0) is 18.2. The predicted octanol–water partition coefficient (Wildman–Crippen LogP) is 3.46. The molecule has 0 amide bonds. The number of nitrogens with zero attached hydrogens (tertiary/aromatic N) is 1. The Morgan fingerprint density at radius 2 is 1.92 bits per heavy atom. The number of para-hydroxylation sites is 2. The number of benzene rings is 2. The minimum Gasteiger partial charge on any atom is -0.481 e. The van der Waals surface area contributed by atoms with Gasteiger partial charge in [0.25, 0.3) is 10.0 Å². The molecule has 0 radical (unpaired) electrons. The summed E-state index contributed by atoms with van der Waals surface area (Å²) in [7, 11) is -4.02. The van der Waals surface area contributed by atoms with E-state index in [0.717, 1.165) is 4.31 Å². The van der Waals surface area contributed by atoms with Crippen LogP contribution in [0.15, 0.2) is 47.4 Å². The Bertz CT molecular complexity index is 933. The average molecular weight is 401 g/mol. The van der Waals surface area contributed by atoms with Crippen LogP contribution in [0.4, 0.5) is 11.4 Å². The molecule has 0 bridgehead atoms.